The predicted octanol–water partition coefficient (Wildman–Crippen LogP) is 4.24. The quantitative estimate of drug-likeness (QED) is 0.448. The first-order valence-electron chi connectivity index (χ1n) is 7.23. The van der Waals surface area contributed by atoms with Crippen molar-refractivity contribution in [3.05, 3.63) is 57.0 Å². The van der Waals surface area contributed by atoms with Crippen molar-refractivity contribution in [2.75, 3.05) is 25.6 Å². The molecule has 0 fully saturated rings. The normalized spacial score (nSPS) is 10.8. The van der Waals surface area contributed by atoms with Crippen molar-refractivity contribution in [2.45, 2.75) is 0 Å². The van der Waals surface area contributed by atoms with Gasteiger partial charge in [0.05, 0.1) is 21.3 Å². The van der Waals surface area contributed by atoms with E-state index in [0.29, 0.717) is 10.0 Å². The summed E-state index contributed by atoms with van der Waals surface area (Å²) in [6.45, 7) is -0.255. The zero-order chi connectivity index (χ0) is 18.4. The van der Waals surface area contributed by atoms with Gasteiger partial charge in [0.2, 0.25) is 0 Å². The fourth-order valence-electron chi connectivity index (χ4n) is 1.83. The SMILES string of the molecule is CN(C)c1ccc(/C=N/NC(=O)COc2cc(Cl)c(Cl)cc2Cl)cc1. The number of hydrogen-bond acceptors (Lipinski definition) is 4. The molecule has 2 aromatic carbocycles. The van der Waals surface area contributed by atoms with Crippen LogP contribution in [-0.4, -0.2) is 32.8 Å². The molecule has 2 aromatic rings. The largest absolute Gasteiger partial charge is 0.482 e. The third-order valence-corrected chi connectivity index (χ3v) is 4.16. The van der Waals surface area contributed by atoms with E-state index >= 15 is 0 Å². The molecule has 0 spiro atoms. The topological polar surface area (TPSA) is 53.9 Å². The Morgan fingerprint density at radius 3 is 2.40 bits per heavy atom. The van der Waals surface area contributed by atoms with Gasteiger partial charge in [0, 0.05) is 25.8 Å². The van der Waals surface area contributed by atoms with Crippen LogP contribution in [0.4, 0.5) is 5.69 Å². The number of carbonyl (C=O) groups is 1. The Morgan fingerprint density at radius 1 is 1.12 bits per heavy atom. The summed E-state index contributed by atoms with van der Waals surface area (Å²) >= 11 is 17.7. The monoisotopic (exact) mass is 399 g/mol. The molecular formula is C17H16Cl3N3O2. The van der Waals surface area contributed by atoms with Crippen molar-refractivity contribution in [2.24, 2.45) is 5.10 Å². The van der Waals surface area contributed by atoms with Gasteiger partial charge in [-0.3, -0.25) is 4.79 Å². The van der Waals surface area contributed by atoms with E-state index in [9.17, 15) is 4.79 Å². The Kier molecular flexibility index (Phi) is 6.93. The Hall–Kier alpha value is -1.95. The first-order chi connectivity index (χ1) is 11.9. The molecule has 0 atom stereocenters. The highest BCUT2D eigenvalue weighted by Gasteiger charge is 2.09. The summed E-state index contributed by atoms with van der Waals surface area (Å²) in [5.41, 5.74) is 4.31. The summed E-state index contributed by atoms with van der Waals surface area (Å²) in [7, 11) is 3.92. The fourth-order valence-corrected chi connectivity index (χ4v) is 2.42. The summed E-state index contributed by atoms with van der Waals surface area (Å²) in [5, 5.41) is 4.76. The number of ether oxygens (including phenoxy) is 1. The molecule has 0 aliphatic heterocycles. The minimum atomic E-state index is -0.427. The Balaban J connectivity index is 1.85. The number of hydrogen-bond donors (Lipinski definition) is 1. The molecule has 25 heavy (non-hydrogen) atoms. The van der Waals surface area contributed by atoms with Crippen LogP contribution in [0.25, 0.3) is 0 Å². The number of amides is 1. The first-order valence-corrected chi connectivity index (χ1v) is 8.37. The lowest BCUT2D eigenvalue weighted by Crippen LogP contribution is -2.24. The molecule has 5 nitrogen and oxygen atoms in total. The second-order valence-corrected chi connectivity index (χ2v) is 6.49. The number of rotatable bonds is 6. The fraction of sp³-hybridized carbons (Fsp3) is 0.176. The average Bonchev–Trinajstić information content (AvgIpc) is 2.57. The maximum atomic E-state index is 11.8. The van der Waals surface area contributed by atoms with E-state index in [1.165, 1.54) is 12.1 Å². The van der Waals surface area contributed by atoms with Crippen molar-refractivity contribution in [1.29, 1.82) is 0 Å². The van der Waals surface area contributed by atoms with Crippen molar-refractivity contribution in [3.8, 4) is 5.75 Å². The summed E-state index contributed by atoms with van der Waals surface area (Å²) in [6, 6.07) is 10.6. The van der Waals surface area contributed by atoms with Crippen LogP contribution >= 0.6 is 34.8 Å². The van der Waals surface area contributed by atoms with Gasteiger partial charge in [-0.15, -0.1) is 0 Å². The summed E-state index contributed by atoms with van der Waals surface area (Å²) in [5.74, 6) is -0.155. The van der Waals surface area contributed by atoms with Gasteiger partial charge in [-0.1, -0.05) is 46.9 Å². The lowest BCUT2D eigenvalue weighted by molar-refractivity contribution is -0.123. The maximum absolute atomic E-state index is 11.8. The van der Waals surface area contributed by atoms with Gasteiger partial charge < -0.3 is 9.64 Å². The molecule has 1 amide bonds. The zero-order valence-corrected chi connectivity index (χ0v) is 15.9. The molecule has 0 saturated heterocycles. The number of nitrogens with one attached hydrogen (secondary N) is 1. The highest BCUT2D eigenvalue weighted by Crippen LogP contribution is 2.33. The van der Waals surface area contributed by atoms with E-state index < -0.39 is 5.91 Å². The first kappa shape index (κ1) is 19.4. The lowest BCUT2D eigenvalue weighted by Gasteiger charge is -2.11. The molecule has 0 bridgehead atoms. The van der Waals surface area contributed by atoms with Crippen molar-refractivity contribution in [3.63, 3.8) is 0 Å². The Bertz CT molecular complexity index is 777. The molecule has 0 aliphatic rings. The van der Waals surface area contributed by atoms with Crippen molar-refractivity contribution >= 4 is 52.6 Å². The smallest absolute Gasteiger partial charge is 0.277 e. The van der Waals surface area contributed by atoms with E-state index in [1.807, 2.05) is 43.3 Å². The number of nitrogens with zero attached hydrogens (tertiary/aromatic N) is 2. The molecule has 2 rings (SSSR count). The van der Waals surface area contributed by atoms with Gasteiger partial charge in [0.1, 0.15) is 5.75 Å². The molecule has 0 aromatic heterocycles. The summed E-state index contributed by atoms with van der Waals surface area (Å²) in [6.07, 6.45) is 1.55. The van der Waals surface area contributed by atoms with Crippen LogP contribution in [0.1, 0.15) is 5.56 Å². The summed E-state index contributed by atoms with van der Waals surface area (Å²) in [4.78, 5) is 13.7. The zero-order valence-electron chi connectivity index (χ0n) is 13.6. The lowest BCUT2D eigenvalue weighted by atomic mass is 10.2. The molecule has 0 saturated carbocycles. The van der Waals surface area contributed by atoms with Gasteiger partial charge in [-0.25, -0.2) is 5.43 Å². The summed E-state index contributed by atoms with van der Waals surface area (Å²) < 4.78 is 5.31. The van der Waals surface area contributed by atoms with Gasteiger partial charge in [-0.05, 0) is 23.8 Å². The Labute approximate surface area is 161 Å². The maximum Gasteiger partial charge on any atom is 0.277 e. The van der Waals surface area contributed by atoms with E-state index in [1.54, 1.807) is 6.21 Å². The van der Waals surface area contributed by atoms with Crippen LogP contribution in [0.15, 0.2) is 41.5 Å². The van der Waals surface area contributed by atoms with Gasteiger partial charge in [-0.2, -0.15) is 5.10 Å². The van der Waals surface area contributed by atoms with Crippen molar-refractivity contribution < 1.29 is 9.53 Å². The van der Waals surface area contributed by atoms with Gasteiger partial charge in [0.25, 0.3) is 5.91 Å². The van der Waals surface area contributed by atoms with Gasteiger partial charge in [0.15, 0.2) is 6.61 Å². The minimum absolute atomic E-state index is 0.255. The van der Waals surface area contributed by atoms with E-state index in [2.05, 4.69) is 10.5 Å². The standard InChI is InChI=1S/C17H16Cl3N3O2/c1-23(2)12-5-3-11(4-6-12)9-21-22-17(24)10-25-16-8-14(19)13(18)7-15(16)20/h3-9H,10H2,1-2H3,(H,22,24)/b21-9+. The number of carbonyl (C=O) groups excluding carboxylic acids is 1. The third kappa shape index (κ3) is 5.81. The number of anilines is 1. The van der Waals surface area contributed by atoms with E-state index in [0.717, 1.165) is 11.3 Å². The molecular weight excluding hydrogens is 385 g/mol. The van der Waals surface area contributed by atoms with Crippen LogP contribution in [0.5, 0.6) is 5.75 Å². The van der Waals surface area contributed by atoms with Crippen LogP contribution in [0.3, 0.4) is 0 Å². The molecule has 8 heteroatoms. The van der Waals surface area contributed by atoms with Crippen LogP contribution in [0.2, 0.25) is 15.1 Å². The van der Waals surface area contributed by atoms with Crippen LogP contribution < -0.4 is 15.1 Å². The third-order valence-electron chi connectivity index (χ3n) is 3.15. The van der Waals surface area contributed by atoms with E-state index in [4.69, 9.17) is 39.5 Å². The molecule has 1 N–H and O–H groups in total. The second kappa shape index (κ2) is 8.94. The van der Waals surface area contributed by atoms with E-state index in [-0.39, 0.29) is 17.4 Å². The van der Waals surface area contributed by atoms with Crippen LogP contribution in [-0.2, 0) is 4.79 Å². The highest BCUT2D eigenvalue weighted by molar-refractivity contribution is 6.43. The molecule has 0 unspecified atom stereocenters. The van der Waals surface area contributed by atoms with Crippen LogP contribution in [0, 0.1) is 0 Å². The molecule has 0 aliphatic carbocycles. The molecule has 132 valence electrons. The second-order valence-electron chi connectivity index (χ2n) is 5.26. The predicted molar refractivity (Wildman–Crippen MR) is 103 cm³/mol. The number of hydrazone groups is 1. The number of benzene rings is 2. The highest BCUT2D eigenvalue weighted by atomic mass is 35.5. The number of halogens is 3. The van der Waals surface area contributed by atoms with Crippen molar-refractivity contribution in [1.82, 2.24) is 5.43 Å². The minimum Gasteiger partial charge on any atom is -0.482 e. The molecule has 0 radical (unpaired) electrons. The molecule has 0 heterocycles. The van der Waals surface area contributed by atoms with Gasteiger partial charge >= 0.3 is 0 Å². The average molecular weight is 401 g/mol. The Morgan fingerprint density at radius 2 is 1.76 bits per heavy atom.